The van der Waals surface area contributed by atoms with Gasteiger partial charge in [-0.25, -0.2) is 0 Å². The van der Waals surface area contributed by atoms with Crippen LogP contribution in [0.4, 0.5) is 0 Å². The number of aliphatic hydroxyl groups excluding tert-OH is 1. The normalized spacial score (nSPS) is 26.8. The van der Waals surface area contributed by atoms with Gasteiger partial charge in [-0.3, -0.25) is 0 Å². The molecule has 0 spiro atoms. The fourth-order valence-corrected chi connectivity index (χ4v) is 2.40. The van der Waals surface area contributed by atoms with E-state index in [0.29, 0.717) is 31.7 Å². The van der Waals surface area contributed by atoms with E-state index >= 15 is 0 Å². The lowest BCUT2D eigenvalue weighted by atomic mass is 9.88. The van der Waals surface area contributed by atoms with Crippen LogP contribution in [0.2, 0.25) is 0 Å². The third kappa shape index (κ3) is 6.55. The molecule has 3 atom stereocenters. The van der Waals surface area contributed by atoms with Gasteiger partial charge >= 0.3 is 0 Å². The van der Waals surface area contributed by atoms with Gasteiger partial charge in [0.1, 0.15) is 0 Å². The SMILES string of the molecule is C=C(Br)CNCC(O)COC1CCCCC1C. The topological polar surface area (TPSA) is 41.5 Å². The molecule has 1 fully saturated rings. The van der Waals surface area contributed by atoms with Gasteiger partial charge in [0.15, 0.2) is 0 Å². The van der Waals surface area contributed by atoms with Crippen molar-refractivity contribution in [2.45, 2.75) is 44.8 Å². The number of ether oxygens (including phenoxy) is 1. The van der Waals surface area contributed by atoms with E-state index in [1.165, 1.54) is 19.3 Å². The Morgan fingerprint density at radius 1 is 1.53 bits per heavy atom. The summed E-state index contributed by atoms with van der Waals surface area (Å²) >= 11 is 3.26. The van der Waals surface area contributed by atoms with Crippen molar-refractivity contribution < 1.29 is 9.84 Å². The van der Waals surface area contributed by atoms with Gasteiger partial charge in [0.05, 0.1) is 18.8 Å². The Hall–Kier alpha value is 0.1000. The van der Waals surface area contributed by atoms with Gasteiger partial charge in [0.2, 0.25) is 0 Å². The van der Waals surface area contributed by atoms with Crippen LogP contribution in [0.3, 0.4) is 0 Å². The van der Waals surface area contributed by atoms with E-state index in [9.17, 15) is 5.11 Å². The Labute approximate surface area is 113 Å². The van der Waals surface area contributed by atoms with Crippen molar-refractivity contribution in [3.05, 3.63) is 11.1 Å². The monoisotopic (exact) mass is 305 g/mol. The van der Waals surface area contributed by atoms with Crippen molar-refractivity contribution in [1.82, 2.24) is 5.32 Å². The van der Waals surface area contributed by atoms with Crippen LogP contribution in [-0.2, 0) is 4.74 Å². The summed E-state index contributed by atoms with van der Waals surface area (Å²) in [6.45, 7) is 7.61. The van der Waals surface area contributed by atoms with Crippen molar-refractivity contribution in [2.75, 3.05) is 19.7 Å². The van der Waals surface area contributed by atoms with Crippen LogP contribution in [-0.4, -0.2) is 37.0 Å². The second-order valence-electron chi connectivity index (χ2n) is 4.94. The van der Waals surface area contributed by atoms with Crippen LogP contribution in [0.25, 0.3) is 0 Å². The zero-order valence-corrected chi connectivity index (χ0v) is 12.2. The number of hydrogen-bond donors (Lipinski definition) is 2. The molecule has 4 heteroatoms. The lowest BCUT2D eigenvalue weighted by molar-refractivity contribution is -0.0449. The fraction of sp³-hybridized carbons (Fsp3) is 0.846. The predicted octanol–water partition coefficient (Wildman–Crippen LogP) is 2.44. The minimum absolute atomic E-state index is 0.338. The second-order valence-corrected chi connectivity index (χ2v) is 6.06. The number of hydrogen-bond acceptors (Lipinski definition) is 3. The van der Waals surface area contributed by atoms with Crippen LogP contribution in [0.1, 0.15) is 32.6 Å². The molecule has 3 unspecified atom stereocenters. The zero-order chi connectivity index (χ0) is 12.7. The van der Waals surface area contributed by atoms with E-state index in [-0.39, 0.29) is 0 Å². The summed E-state index contributed by atoms with van der Waals surface area (Å²) in [5, 5.41) is 12.9. The zero-order valence-electron chi connectivity index (χ0n) is 10.6. The van der Waals surface area contributed by atoms with Crippen LogP contribution < -0.4 is 5.32 Å². The Morgan fingerprint density at radius 3 is 2.88 bits per heavy atom. The molecule has 100 valence electrons. The molecule has 0 aromatic rings. The van der Waals surface area contributed by atoms with Gasteiger partial charge in [-0.1, -0.05) is 42.3 Å². The molecule has 0 heterocycles. The molecule has 0 aromatic heterocycles. The molecule has 0 aliphatic heterocycles. The van der Waals surface area contributed by atoms with Crippen molar-refractivity contribution in [3.63, 3.8) is 0 Å². The summed E-state index contributed by atoms with van der Waals surface area (Å²) in [4.78, 5) is 0. The van der Waals surface area contributed by atoms with E-state index in [0.717, 1.165) is 10.9 Å². The minimum Gasteiger partial charge on any atom is -0.389 e. The first-order valence-corrected chi connectivity index (χ1v) is 7.22. The number of rotatable bonds is 7. The molecule has 0 aromatic carbocycles. The van der Waals surface area contributed by atoms with E-state index in [4.69, 9.17) is 4.74 Å². The summed E-state index contributed by atoms with van der Waals surface area (Å²) in [5.41, 5.74) is 0. The lowest BCUT2D eigenvalue weighted by Gasteiger charge is -2.29. The maximum atomic E-state index is 9.75. The van der Waals surface area contributed by atoms with Gasteiger partial charge < -0.3 is 15.2 Å². The average molecular weight is 306 g/mol. The first kappa shape index (κ1) is 15.2. The van der Waals surface area contributed by atoms with Gasteiger partial charge in [-0.05, 0) is 18.8 Å². The summed E-state index contributed by atoms with van der Waals surface area (Å²) < 4.78 is 6.69. The summed E-state index contributed by atoms with van der Waals surface area (Å²) in [6.07, 6.45) is 4.87. The Balaban J connectivity index is 2.09. The molecule has 17 heavy (non-hydrogen) atoms. The molecule has 0 radical (unpaired) electrons. The van der Waals surface area contributed by atoms with Gasteiger partial charge in [0.25, 0.3) is 0 Å². The minimum atomic E-state index is -0.434. The highest BCUT2D eigenvalue weighted by Crippen LogP contribution is 2.26. The Bertz CT molecular complexity index is 235. The van der Waals surface area contributed by atoms with Crippen LogP contribution in [0.5, 0.6) is 0 Å². The molecule has 0 saturated heterocycles. The molecule has 0 bridgehead atoms. The lowest BCUT2D eigenvalue weighted by Crippen LogP contribution is -2.34. The third-order valence-corrected chi connectivity index (χ3v) is 3.51. The molecule has 0 amide bonds. The van der Waals surface area contributed by atoms with Crippen LogP contribution >= 0.6 is 15.9 Å². The summed E-state index contributed by atoms with van der Waals surface area (Å²) in [5.74, 6) is 0.631. The first-order chi connectivity index (χ1) is 8.09. The highest BCUT2D eigenvalue weighted by molar-refractivity contribution is 9.11. The molecule has 3 nitrogen and oxygen atoms in total. The Morgan fingerprint density at radius 2 is 2.24 bits per heavy atom. The number of nitrogens with one attached hydrogen (secondary N) is 1. The van der Waals surface area contributed by atoms with Gasteiger partial charge in [-0.15, -0.1) is 0 Å². The second kappa shape index (κ2) is 8.25. The van der Waals surface area contributed by atoms with E-state index < -0.39 is 6.10 Å². The van der Waals surface area contributed by atoms with Crippen molar-refractivity contribution in [3.8, 4) is 0 Å². The third-order valence-electron chi connectivity index (χ3n) is 3.23. The van der Waals surface area contributed by atoms with Gasteiger partial charge in [0, 0.05) is 17.6 Å². The molecule has 1 aliphatic carbocycles. The molecule has 1 aliphatic rings. The van der Waals surface area contributed by atoms with E-state index in [2.05, 4.69) is 34.7 Å². The average Bonchev–Trinajstić information content (AvgIpc) is 2.27. The van der Waals surface area contributed by atoms with Gasteiger partial charge in [-0.2, -0.15) is 0 Å². The van der Waals surface area contributed by atoms with E-state index in [1.54, 1.807) is 0 Å². The molecule has 1 rings (SSSR count). The molecule has 1 saturated carbocycles. The molecular formula is C13H24BrNO2. The highest BCUT2D eigenvalue weighted by Gasteiger charge is 2.22. The van der Waals surface area contributed by atoms with Crippen LogP contribution in [0.15, 0.2) is 11.1 Å². The first-order valence-electron chi connectivity index (χ1n) is 6.43. The fourth-order valence-electron chi connectivity index (χ4n) is 2.20. The predicted molar refractivity (Wildman–Crippen MR) is 74.3 cm³/mol. The highest BCUT2D eigenvalue weighted by atomic mass is 79.9. The summed E-state index contributed by atoms with van der Waals surface area (Å²) in [6, 6.07) is 0. The van der Waals surface area contributed by atoms with E-state index in [1.807, 2.05) is 0 Å². The molecule has 2 N–H and O–H groups in total. The quantitative estimate of drug-likeness (QED) is 0.759. The molecular weight excluding hydrogens is 282 g/mol. The van der Waals surface area contributed by atoms with Crippen molar-refractivity contribution in [1.29, 1.82) is 0 Å². The van der Waals surface area contributed by atoms with Crippen molar-refractivity contribution >= 4 is 15.9 Å². The van der Waals surface area contributed by atoms with Crippen LogP contribution in [0, 0.1) is 5.92 Å². The Kier molecular flexibility index (Phi) is 7.35. The number of aliphatic hydroxyl groups is 1. The standard InChI is InChI=1S/C13H24BrNO2/c1-10-5-3-4-6-13(10)17-9-12(16)8-15-7-11(2)14/h10,12-13,15-16H,2-9H2,1H3. The number of halogens is 1. The maximum Gasteiger partial charge on any atom is 0.0897 e. The summed E-state index contributed by atoms with van der Waals surface area (Å²) in [7, 11) is 0. The smallest absolute Gasteiger partial charge is 0.0897 e. The van der Waals surface area contributed by atoms with Crippen molar-refractivity contribution in [2.24, 2.45) is 5.92 Å². The largest absolute Gasteiger partial charge is 0.389 e. The maximum absolute atomic E-state index is 9.75.